The van der Waals surface area contributed by atoms with Gasteiger partial charge in [0, 0.05) is 26.2 Å². The SMILES string of the molecule is CCCCCCCN(CCCCCCC)COC(=O)c1cccc(C(=O)OCN(CCCCCCC)CCCCCCC)c1. The monoisotopic (exact) mass is 617 g/mol. The van der Waals surface area contributed by atoms with Crippen molar-refractivity contribution in [2.45, 2.75) is 156 Å². The van der Waals surface area contributed by atoms with Crippen LogP contribution in [-0.4, -0.2) is 61.4 Å². The normalized spacial score (nSPS) is 11.4. The fourth-order valence-electron chi connectivity index (χ4n) is 5.48. The molecule has 0 saturated carbocycles. The van der Waals surface area contributed by atoms with Crippen LogP contribution in [0.1, 0.15) is 177 Å². The van der Waals surface area contributed by atoms with Crippen molar-refractivity contribution in [3.8, 4) is 0 Å². The molecule has 0 atom stereocenters. The van der Waals surface area contributed by atoms with Crippen LogP contribution in [0.25, 0.3) is 0 Å². The third-order valence-electron chi connectivity index (χ3n) is 8.40. The van der Waals surface area contributed by atoms with Crippen LogP contribution in [0.5, 0.6) is 0 Å². The Bertz CT molecular complexity index is 740. The molecule has 0 aliphatic heterocycles. The molecule has 6 nitrogen and oxygen atoms in total. The van der Waals surface area contributed by atoms with Crippen molar-refractivity contribution in [3.63, 3.8) is 0 Å². The standard InChI is InChI=1S/C38H68N2O4/c1-5-9-13-17-21-28-39(29-22-18-14-10-6-2)33-43-37(41)35-26-25-27-36(32-35)38(42)44-34-40(30-23-19-15-11-7-3)31-24-20-16-12-8-4/h25-27,32H,5-24,28-31,33-34H2,1-4H3. The summed E-state index contributed by atoms with van der Waals surface area (Å²) < 4.78 is 11.5. The highest BCUT2D eigenvalue weighted by Crippen LogP contribution is 2.13. The second-order valence-corrected chi connectivity index (χ2v) is 12.6. The smallest absolute Gasteiger partial charge is 0.339 e. The minimum atomic E-state index is -0.387. The lowest BCUT2D eigenvalue weighted by Gasteiger charge is -2.22. The predicted molar refractivity (Wildman–Crippen MR) is 185 cm³/mol. The summed E-state index contributed by atoms with van der Waals surface area (Å²) in [5, 5.41) is 0. The molecule has 6 heteroatoms. The summed E-state index contributed by atoms with van der Waals surface area (Å²) in [5.41, 5.74) is 0.794. The third-order valence-corrected chi connectivity index (χ3v) is 8.40. The van der Waals surface area contributed by atoms with Crippen molar-refractivity contribution in [2.24, 2.45) is 0 Å². The van der Waals surface area contributed by atoms with E-state index in [1.54, 1.807) is 24.3 Å². The van der Waals surface area contributed by atoms with Crippen LogP contribution in [0.2, 0.25) is 0 Å². The van der Waals surface area contributed by atoms with Gasteiger partial charge in [0.05, 0.1) is 11.1 Å². The van der Waals surface area contributed by atoms with E-state index in [0.29, 0.717) is 24.6 Å². The number of hydrogen-bond donors (Lipinski definition) is 0. The summed E-state index contributed by atoms with van der Waals surface area (Å²) in [7, 11) is 0. The zero-order chi connectivity index (χ0) is 32.1. The Morgan fingerprint density at radius 1 is 0.477 bits per heavy atom. The molecule has 0 saturated heterocycles. The van der Waals surface area contributed by atoms with E-state index >= 15 is 0 Å². The van der Waals surface area contributed by atoms with Crippen molar-refractivity contribution in [3.05, 3.63) is 35.4 Å². The molecule has 1 rings (SSSR count). The lowest BCUT2D eigenvalue weighted by molar-refractivity contribution is 0.0204. The molecular weight excluding hydrogens is 548 g/mol. The fraction of sp³-hybridized carbons (Fsp3) is 0.789. The maximum atomic E-state index is 13.0. The maximum absolute atomic E-state index is 13.0. The van der Waals surface area contributed by atoms with E-state index in [4.69, 9.17) is 9.47 Å². The first-order chi connectivity index (χ1) is 21.5. The molecule has 0 unspecified atom stereocenters. The van der Waals surface area contributed by atoms with Gasteiger partial charge in [-0.2, -0.15) is 0 Å². The molecule has 0 amide bonds. The largest absolute Gasteiger partial charge is 0.446 e. The van der Waals surface area contributed by atoms with Gasteiger partial charge in [0.25, 0.3) is 0 Å². The molecule has 0 heterocycles. The van der Waals surface area contributed by atoms with Crippen molar-refractivity contribution >= 4 is 11.9 Å². The van der Waals surface area contributed by atoms with Gasteiger partial charge in [-0.3, -0.25) is 9.80 Å². The zero-order valence-electron chi connectivity index (χ0n) is 29.2. The first kappa shape index (κ1) is 40.1. The van der Waals surface area contributed by atoms with Crippen LogP contribution >= 0.6 is 0 Å². The second-order valence-electron chi connectivity index (χ2n) is 12.6. The van der Waals surface area contributed by atoms with E-state index < -0.39 is 0 Å². The summed E-state index contributed by atoms with van der Waals surface area (Å²) in [6.45, 7) is 13.3. The molecule has 44 heavy (non-hydrogen) atoms. The van der Waals surface area contributed by atoms with Crippen LogP contribution < -0.4 is 0 Å². The van der Waals surface area contributed by atoms with Crippen molar-refractivity contribution in [2.75, 3.05) is 39.6 Å². The van der Waals surface area contributed by atoms with Gasteiger partial charge in [-0.05, 0) is 43.9 Å². The van der Waals surface area contributed by atoms with Gasteiger partial charge in [0.15, 0.2) is 0 Å². The number of carbonyl (C=O) groups is 2. The summed E-state index contributed by atoms with van der Waals surface area (Å²) in [6, 6.07) is 6.80. The third kappa shape index (κ3) is 20.9. The van der Waals surface area contributed by atoms with E-state index in [1.165, 1.54) is 103 Å². The molecule has 254 valence electrons. The van der Waals surface area contributed by atoms with Gasteiger partial charge in [0.1, 0.15) is 13.5 Å². The van der Waals surface area contributed by atoms with Gasteiger partial charge in [-0.15, -0.1) is 0 Å². The number of benzene rings is 1. The molecule has 0 fully saturated rings. The Kier molecular flexibility index (Phi) is 26.0. The zero-order valence-corrected chi connectivity index (χ0v) is 29.2. The Labute approximate surface area is 271 Å². The Morgan fingerprint density at radius 3 is 1.07 bits per heavy atom. The van der Waals surface area contributed by atoms with Crippen molar-refractivity contribution < 1.29 is 19.1 Å². The average molecular weight is 617 g/mol. The van der Waals surface area contributed by atoms with Crippen molar-refractivity contribution in [1.29, 1.82) is 0 Å². The number of nitrogens with zero attached hydrogens (tertiary/aromatic N) is 2. The van der Waals surface area contributed by atoms with Crippen LogP contribution in [0, 0.1) is 0 Å². The van der Waals surface area contributed by atoms with Crippen LogP contribution in [0.15, 0.2) is 24.3 Å². The first-order valence-electron chi connectivity index (χ1n) is 18.4. The molecular formula is C38H68N2O4. The topological polar surface area (TPSA) is 59.1 Å². The summed E-state index contributed by atoms with van der Waals surface area (Å²) in [6.07, 6.45) is 24.5. The quantitative estimate of drug-likeness (QED) is 0.0487. The molecule has 0 N–H and O–H groups in total. The highest BCUT2D eigenvalue weighted by molar-refractivity contribution is 5.95. The Hall–Kier alpha value is -1.92. The Balaban J connectivity index is 2.64. The van der Waals surface area contributed by atoms with E-state index in [9.17, 15) is 9.59 Å². The van der Waals surface area contributed by atoms with Gasteiger partial charge >= 0.3 is 11.9 Å². The van der Waals surface area contributed by atoms with E-state index in [2.05, 4.69) is 37.5 Å². The lowest BCUT2D eigenvalue weighted by Crippen LogP contribution is -2.30. The van der Waals surface area contributed by atoms with Gasteiger partial charge in [-0.25, -0.2) is 9.59 Å². The summed E-state index contributed by atoms with van der Waals surface area (Å²) >= 11 is 0. The van der Waals surface area contributed by atoms with E-state index in [-0.39, 0.29) is 11.9 Å². The fourth-order valence-corrected chi connectivity index (χ4v) is 5.48. The highest BCUT2D eigenvalue weighted by atomic mass is 16.5. The van der Waals surface area contributed by atoms with Crippen LogP contribution in [-0.2, 0) is 9.47 Å². The summed E-state index contributed by atoms with van der Waals surface area (Å²) in [4.78, 5) is 30.5. The number of ether oxygens (including phenoxy) is 2. The molecule has 0 spiro atoms. The minimum Gasteiger partial charge on any atom is -0.446 e. The lowest BCUT2D eigenvalue weighted by atomic mass is 10.1. The molecule has 0 aliphatic rings. The number of carbonyl (C=O) groups excluding carboxylic acids is 2. The number of esters is 2. The maximum Gasteiger partial charge on any atom is 0.339 e. The molecule has 0 aromatic heterocycles. The second kappa shape index (κ2) is 28.5. The molecule has 1 aromatic rings. The number of rotatable bonds is 30. The number of unbranched alkanes of at least 4 members (excludes halogenated alkanes) is 16. The van der Waals surface area contributed by atoms with E-state index in [0.717, 1.165) is 51.9 Å². The first-order valence-corrected chi connectivity index (χ1v) is 18.4. The van der Waals surface area contributed by atoms with Gasteiger partial charge in [0.2, 0.25) is 0 Å². The summed E-state index contributed by atoms with van der Waals surface area (Å²) in [5.74, 6) is -0.773. The van der Waals surface area contributed by atoms with Crippen LogP contribution in [0.3, 0.4) is 0 Å². The Morgan fingerprint density at radius 2 is 0.773 bits per heavy atom. The predicted octanol–water partition coefficient (Wildman–Crippen LogP) is 10.4. The van der Waals surface area contributed by atoms with Gasteiger partial charge in [-0.1, -0.05) is 136 Å². The highest BCUT2D eigenvalue weighted by Gasteiger charge is 2.16. The van der Waals surface area contributed by atoms with Gasteiger partial charge < -0.3 is 9.47 Å². The van der Waals surface area contributed by atoms with Crippen molar-refractivity contribution in [1.82, 2.24) is 9.80 Å². The molecule has 0 radical (unpaired) electrons. The molecule has 0 bridgehead atoms. The molecule has 1 aromatic carbocycles. The number of hydrogen-bond acceptors (Lipinski definition) is 6. The average Bonchev–Trinajstić information content (AvgIpc) is 3.04. The van der Waals surface area contributed by atoms with E-state index in [1.807, 2.05) is 0 Å². The minimum absolute atomic E-state index is 0.292. The molecule has 0 aliphatic carbocycles. The van der Waals surface area contributed by atoms with Crippen LogP contribution in [0.4, 0.5) is 0 Å².